The number of halogens is 3. The van der Waals surface area contributed by atoms with Gasteiger partial charge in [0.25, 0.3) is 0 Å². The summed E-state index contributed by atoms with van der Waals surface area (Å²) in [6, 6.07) is 3.84. The molecular formula is C11H15F3N2O2S. The molecule has 0 aliphatic carbocycles. The van der Waals surface area contributed by atoms with Crippen molar-refractivity contribution in [2.24, 2.45) is 5.73 Å². The summed E-state index contributed by atoms with van der Waals surface area (Å²) in [7, 11) is -3.54. The molecule has 0 aliphatic rings. The number of sulfonamides is 1. The van der Waals surface area contributed by atoms with Gasteiger partial charge in [0, 0.05) is 5.69 Å². The molecule has 19 heavy (non-hydrogen) atoms. The Morgan fingerprint density at radius 2 is 1.68 bits per heavy atom. The average Bonchev–Trinajstić information content (AvgIpc) is 2.28. The summed E-state index contributed by atoms with van der Waals surface area (Å²) in [5, 5.41) is 0. The number of hydrogen-bond donors (Lipinski definition) is 2. The number of benzene rings is 1. The lowest BCUT2D eigenvalue weighted by Crippen LogP contribution is -2.17. The van der Waals surface area contributed by atoms with E-state index in [2.05, 4.69) is 4.72 Å². The van der Waals surface area contributed by atoms with Gasteiger partial charge in [-0.15, -0.1) is 0 Å². The predicted molar refractivity (Wildman–Crippen MR) is 67.1 cm³/mol. The number of anilines is 1. The van der Waals surface area contributed by atoms with Crippen molar-refractivity contribution in [1.82, 2.24) is 0 Å². The van der Waals surface area contributed by atoms with Crippen LogP contribution in [-0.2, 0) is 16.2 Å². The molecule has 0 unspecified atom stereocenters. The Labute approximate surface area is 109 Å². The van der Waals surface area contributed by atoms with Gasteiger partial charge in [0.05, 0.1) is 11.3 Å². The lowest BCUT2D eigenvalue weighted by molar-refractivity contribution is -0.137. The summed E-state index contributed by atoms with van der Waals surface area (Å²) in [5.41, 5.74) is 4.54. The lowest BCUT2D eigenvalue weighted by atomic mass is 10.2. The summed E-state index contributed by atoms with van der Waals surface area (Å²) in [5.74, 6) is -0.106. The Kier molecular flexibility index (Phi) is 5.19. The molecule has 1 rings (SSSR count). The van der Waals surface area contributed by atoms with Gasteiger partial charge in [0.1, 0.15) is 0 Å². The zero-order valence-electron chi connectivity index (χ0n) is 10.1. The van der Waals surface area contributed by atoms with Gasteiger partial charge in [-0.25, -0.2) is 8.42 Å². The van der Waals surface area contributed by atoms with Crippen molar-refractivity contribution in [1.29, 1.82) is 0 Å². The molecule has 0 amide bonds. The quantitative estimate of drug-likeness (QED) is 0.790. The number of unbranched alkanes of at least 4 members (excludes halogenated alkanes) is 1. The molecule has 0 fully saturated rings. The van der Waals surface area contributed by atoms with E-state index in [-0.39, 0.29) is 11.4 Å². The predicted octanol–water partition coefficient (Wildman–Crippen LogP) is 2.19. The van der Waals surface area contributed by atoms with Crippen molar-refractivity contribution in [2.75, 3.05) is 17.0 Å². The van der Waals surface area contributed by atoms with Crippen molar-refractivity contribution in [3.8, 4) is 0 Å². The van der Waals surface area contributed by atoms with Crippen molar-refractivity contribution >= 4 is 15.7 Å². The second-order valence-corrected chi connectivity index (χ2v) is 5.83. The third-order valence-corrected chi connectivity index (χ3v) is 3.73. The maximum absolute atomic E-state index is 12.3. The minimum absolute atomic E-state index is 0.106. The molecule has 0 saturated heterocycles. The fraction of sp³-hybridized carbons (Fsp3) is 0.455. The number of rotatable bonds is 6. The second-order valence-electron chi connectivity index (χ2n) is 3.99. The van der Waals surface area contributed by atoms with Crippen molar-refractivity contribution in [2.45, 2.75) is 19.0 Å². The van der Waals surface area contributed by atoms with Crippen molar-refractivity contribution in [3.63, 3.8) is 0 Å². The zero-order chi connectivity index (χ0) is 14.5. The summed E-state index contributed by atoms with van der Waals surface area (Å²) in [4.78, 5) is 0. The van der Waals surface area contributed by atoms with Gasteiger partial charge < -0.3 is 5.73 Å². The number of nitrogens with one attached hydrogen (secondary N) is 1. The fourth-order valence-corrected chi connectivity index (χ4v) is 2.58. The third-order valence-electron chi connectivity index (χ3n) is 2.35. The van der Waals surface area contributed by atoms with Crippen LogP contribution in [0.4, 0.5) is 18.9 Å². The zero-order valence-corrected chi connectivity index (χ0v) is 10.9. The van der Waals surface area contributed by atoms with E-state index in [0.717, 1.165) is 24.3 Å². The van der Waals surface area contributed by atoms with Crippen LogP contribution in [0.15, 0.2) is 24.3 Å². The monoisotopic (exact) mass is 296 g/mol. The first kappa shape index (κ1) is 15.8. The van der Waals surface area contributed by atoms with Crippen LogP contribution in [0.2, 0.25) is 0 Å². The molecule has 108 valence electrons. The molecule has 1 aromatic rings. The minimum atomic E-state index is -4.43. The highest BCUT2D eigenvalue weighted by atomic mass is 32.2. The van der Waals surface area contributed by atoms with Gasteiger partial charge in [0.2, 0.25) is 10.0 Å². The van der Waals surface area contributed by atoms with E-state index in [4.69, 9.17) is 5.73 Å². The molecule has 0 atom stereocenters. The Bertz CT molecular complexity index is 498. The smallest absolute Gasteiger partial charge is 0.330 e. The maximum Gasteiger partial charge on any atom is 0.416 e. The van der Waals surface area contributed by atoms with Crippen LogP contribution >= 0.6 is 0 Å². The summed E-state index contributed by atoms with van der Waals surface area (Å²) >= 11 is 0. The van der Waals surface area contributed by atoms with Gasteiger partial charge in [-0.2, -0.15) is 13.2 Å². The molecule has 0 saturated carbocycles. The van der Waals surface area contributed by atoms with Crippen LogP contribution in [0.3, 0.4) is 0 Å². The molecule has 3 N–H and O–H groups in total. The van der Waals surface area contributed by atoms with Gasteiger partial charge in [-0.1, -0.05) is 0 Å². The standard InChI is InChI=1S/C11H15F3N2O2S/c12-11(13,14)9-3-5-10(6-4-9)16-19(17,18)8-2-1-7-15/h3-6,16H,1-2,7-8,15H2. The normalized spacial score (nSPS) is 12.4. The van der Waals surface area contributed by atoms with Crippen molar-refractivity contribution in [3.05, 3.63) is 29.8 Å². The molecule has 0 bridgehead atoms. The Hall–Kier alpha value is -1.28. The molecule has 0 aliphatic heterocycles. The number of alkyl halides is 3. The summed E-state index contributed by atoms with van der Waals surface area (Å²) in [6.07, 6.45) is -3.45. The lowest BCUT2D eigenvalue weighted by Gasteiger charge is -2.10. The fourth-order valence-electron chi connectivity index (χ4n) is 1.39. The van der Waals surface area contributed by atoms with Crippen LogP contribution in [0, 0.1) is 0 Å². The number of hydrogen-bond acceptors (Lipinski definition) is 3. The molecule has 0 heterocycles. The summed E-state index contributed by atoms with van der Waals surface area (Å²) < 4.78 is 62.3. The SMILES string of the molecule is NCCCCS(=O)(=O)Nc1ccc(C(F)(F)F)cc1. The van der Waals surface area contributed by atoms with E-state index in [1.807, 2.05) is 0 Å². The van der Waals surface area contributed by atoms with Gasteiger partial charge in [0.15, 0.2) is 0 Å². The van der Waals surface area contributed by atoms with E-state index in [1.165, 1.54) is 0 Å². The second kappa shape index (κ2) is 6.25. The molecule has 0 radical (unpaired) electrons. The van der Waals surface area contributed by atoms with Gasteiger partial charge in [-0.3, -0.25) is 4.72 Å². The van der Waals surface area contributed by atoms with E-state index < -0.39 is 21.8 Å². The molecular weight excluding hydrogens is 281 g/mol. The van der Waals surface area contributed by atoms with Gasteiger partial charge >= 0.3 is 6.18 Å². The summed E-state index contributed by atoms with van der Waals surface area (Å²) in [6.45, 7) is 0.399. The first-order valence-corrected chi connectivity index (χ1v) is 7.27. The maximum atomic E-state index is 12.3. The highest BCUT2D eigenvalue weighted by Crippen LogP contribution is 2.29. The first-order valence-electron chi connectivity index (χ1n) is 5.62. The topological polar surface area (TPSA) is 72.2 Å². The van der Waals surface area contributed by atoms with Crippen LogP contribution in [0.1, 0.15) is 18.4 Å². The molecule has 4 nitrogen and oxygen atoms in total. The first-order chi connectivity index (χ1) is 8.74. The molecule has 0 spiro atoms. The van der Waals surface area contributed by atoms with Crippen LogP contribution in [-0.4, -0.2) is 20.7 Å². The Balaban J connectivity index is 2.67. The van der Waals surface area contributed by atoms with Crippen LogP contribution in [0.5, 0.6) is 0 Å². The minimum Gasteiger partial charge on any atom is -0.330 e. The molecule has 1 aromatic carbocycles. The van der Waals surface area contributed by atoms with E-state index in [1.54, 1.807) is 0 Å². The number of nitrogens with two attached hydrogens (primary N) is 1. The van der Waals surface area contributed by atoms with E-state index in [9.17, 15) is 21.6 Å². The highest BCUT2D eigenvalue weighted by Gasteiger charge is 2.30. The average molecular weight is 296 g/mol. The molecule has 0 aromatic heterocycles. The third kappa shape index (κ3) is 5.48. The van der Waals surface area contributed by atoms with Gasteiger partial charge in [-0.05, 0) is 43.7 Å². The van der Waals surface area contributed by atoms with E-state index >= 15 is 0 Å². The molecule has 8 heteroatoms. The van der Waals surface area contributed by atoms with E-state index in [0.29, 0.717) is 19.4 Å². The Morgan fingerprint density at radius 1 is 1.11 bits per heavy atom. The van der Waals surface area contributed by atoms with Crippen LogP contribution in [0.25, 0.3) is 0 Å². The Morgan fingerprint density at radius 3 is 2.16 bits per heavy atom. The van der Waals surface area contributed by atoms with Crippen LogP contribution < -0.4 is 10.5 Å². The largest absolute Gasteiger partial charge is 0.416 e. The van der Waals surface area contributed by atoms with Crippen molar-refractivity contribution < 1.29 is 21.6 Å². The highest BCUT2D eigenvalue weighted by molar-refractivity contribution is 7.92.